The molecule has 0 amide bonds. The Labute approximate surface area is 137 Å². The van der Waals surface area contributed by atoms with Crippen LogP contribution in [0.5, 0.6) is 0 Å². The summed E-state index contributed by atoms with van der Waals surface area (Å²) in [5.74, 6) is 0.699. The van der Waals surface area contributed by atoms with Gasteiger partial charge in [-0.05, 0) is 47.9 Å². The first-order chi connectivity index (χ1) is 10.8. The molecule has 2 aromatic carbocycles. The van der Waals surface area contributed by atoms with Crippen molar-refractivity contribution in [3.05, 3.63) is 70.2 Å². The minimum absolute atomic E-state index is 0.343. The number of hydrogen-bond acceptors (Lipinski definition) is 2. The Morgan fingerprint density at radius 2 is 1.68 bits per heavy atom. The van der Waals surface area contributed by atoms with Gasteiger partial charge in [0.05, 0.1) is 0 Å². The summed E-state index contributed by atoms with van der Waals surface area (Å²) < 4.78 is 0. The number of benzene rings is 2. The molecule has 0 spiro atoms. The van der Waals surface area contributed by atoms with Gasteiger partial charge in [-0.2, -0.15) is 0 Å². The van der Waals surface area contributed by atoms with Crippen LogP contribution in [0.25, 0.3) is 0 Å². The van der Waals surface area contributed by atoms with Crippen LogP contribution in [0.4, 0.5) is 0 Å². The fourth-order valence-electron chi connectivity index (χ4n) is 3.38. The molecule has 1 aliphatic carbocycles. The van der Waals surface area contributed by atoms with Crippen LogP contribution >= 0.6 is 11.6 Å². The number of nitrogens with one attached hydrogen (secondary N) is 1. The second kappa shape index (κ2) is 7.28. The van der Waals surface area contributed by atoms with E-state index >= 15 is 0 Å². The van der Waals surface area contributed by atoms with Crippen molar-refractivity contribution in [3.63, 3.8) is 0 Å². The first-order valence-electron chi connectivity index (χ1n) is 8.00. The minimum atomic E-state index is 0.343. The fraction of sp³-hybridized carbons (Fsp3) is 0.368. The Hall–Kier alpha value is -1.35. The molecule has 2 aromatic rings. The average Bonchev–Trinajstić information content (AvgIpc) is 2.95. The normalized spacial score (nSPS) is 15.7. The highest BCUT2D eigenvalue weighted by Crippen LogP contribution is 2.29. The maximum atomic E-state index is 6.21. The highest BCUT2D eigenvalue weighted by Gasteiger charge is 2.23. The van der Waals surface area contributed by atoms with Gasteiger partial charge in [-0.25, -0.2) is 0 Å². The molecule has 116 valence electrons. The zero-order valence-corrected chi connectivity index (χ0v) is 13.5. The van der Waals surface area contributed by atoms with Gasteiger partial charge in [0.2, 0.25) is 0 Å². The van der Waals surface area contributed by atoms with E-state index in [1.165, 1.54) is 24.0 Å². The highest BCUT2D eigenvalue weighted by molar-refractivity contribution is 6.31. The summed E-state index contributed by atoms with van der Waals surface area (Å²) in [6.07, 6.45) is 3.48. The predicted molar refractivity (Wildman–Crippen MR) is 93.1 cm³/mol. The van der Waals surface area contributed by atoms with Gasteiger partial charge in [-0.15, -0.1) is 0 Å². The van der Waals surface area contributed by atoms with E-state index in [1.807, 2.05) is 18.2 Å². The van der Waals surface area contributed by atoms with Gasteiger partial charge in [-0.3, -0.25) is 0 Å². The van der Waals surface area contributed by atoms with Crippen LogP contribution < -0.4 is 11.1 Å². The van der Waals surface area contributed by atoms with Crippen LogP contribution in [0.1, 0.15) is 23.1 Å². The number of hydrogen-bond donors (Lipinski definition) is 2. The number of nitrogens with two attached hydrogens (primary N) is 1. The van der Waals surface area contributed by atoms with Crippen molar-refractivity contribution in [1.82, 2.24) is 5.32 Å². The molecule has 2 nitrogen and oxygen atoms in total. The van der Waals surface area contributed by atoms with E-state index in [9.17, 15) is 0 Å². The van der Waals surface area contributed by atoms with Crippen molar-refractivity contribution in [2.75, 3.05) is 6.54 Å². The van der Waals surface area contributed by atoms with Crippen LogP contribution in [0.2, 0.25) is 5.02 Å². The molecule has 0 saturated heterocycles. The molecule has 0 heterocycles. The molecule has 3 N–H and O–H groups in total. The van der Waals surface area contributed by atoms with E-state index in [1.54, 1.807) is 0 Å². The van der Waals surface area contributed by atoms with Crippen molar-refractivity contribution < 1.29 is 0 Å². The average molecular weight is 315 g/mol. The Balaban J connectivity index is 1.54. The van der Waals surface area contributed by atoms with Crippen LogP contribution in [-0.2, 0) is 19.4 Å². The zero-order chi connectivity index (χ0) is 15.4. The topological polar surface area (TPSA) is 38.0 Å². The SMILES string of the molecule is NCC(CC1Cc2ccccc2C1)NCc1ccccc1Cl. The summed E-state index contributed by atoms with van der Waals surface area (Å²) in [6, 6.07) is 17.1. The zero-order valence-electron chi connectivity index (χ0n) is 12.8. The van der Waals surface area contributed by atoms with E-state index in [0.29, 0.717) is 18.5 Å². The summed E-state index contributed by atoms with van der Waals surface area (Å²) in [7, 11) is 0. The van der Waals surface area contributed by atoms with Crippen LogP contribution in [0.3, 0.4) is 0 Å². The Bertz CT molecular complexity index is 601. The Morgan fingerprint density at radius 3 is 2.32 bits per heavy atom. The Kier molecular flexibility index (Phi) is 5.14. The van der Waals surface area contributed by atoms with Crippen molar-refractivity contribution in [1.29, 1.82) is 0 Å². The highest BCUT2D eigenvalue weighted by atomic mass is 35.5. The Morgan fingerprint density at radius 1 is 1.05 bits per heavy atom. The molecule has 0 bridgehead atoms. The monoisotopic (exact) mass is 314 g/mol. The standard InChI is InChI=1S/C19H23ClN2/c20-19-8-4-3-7-17(19)13-22-18(12-21)11-14-9-15-5-1-2-6-16(15)10-14/h1-8,14,18,22H,9-13,21H2. The minimum Gasteiger partial charge on any atom is -0.329 e. The molecule has 0 fully saturated rings. The first-order valence-corrected chi connectivity index (χ1v) is 8.37. The predicted octanol–water partition coefficient (Wildman–Crippen LogP) is 3.56. The summed E-state index contributed by atoms with van der Waals surface area (Å²) in [5.41, 5.74) is 10.1. The van der Waals surface area contributed by atoms with Gasteiger partial charge in [0, 0.05) is 24.2 Å². The van der Waals surface area contributed by atoms with Crippen LogP contribution in [-0.4, -0.2) is 12.6 Å². The van der Waals surface area contributed by atoms with Crippen molar-refractivity contribution in [2.24, 2.45) is 11.7 Å². The van der Waals surface area contributed by atoms with Gasteiger partial charge in [-0.1, -0.05) is 54.1 Å². The summed E-state index contributed by atoms with van der Waals surface area (Å²) >= 11 is 6.21. The molecular formula is C19H23ClN2. The molecule has 1 unspecified atom stereocenters. The quantitative estimate of drug-likeness (QED) is 0.855. The third-order valence-corrected chi connectivity index (χ3v) is 4.95. The number of rotatable bonds is 6. The van der Waals surface area contributed by atoms with Crippen molar-refractivity contribution in [2.45, 2.75) is 31.8 Å². The number of fused-ring (bicyclic) bond motifs is 1. The molecule has 0 aliphatic heterocycles. The molecule has 1 aliphatic rings. The smallest absolute Gasteiger partial charge is 0.0450 e. The lowest BCUT2D eigenvalue weighted by molar-refractivity contribution is 0.395. The maximum absolute atomic E-state index is 6.21. The van der Waals surface area contributed by atoms with Crippen molar-refractivity contribution in [3.8, 4) is 0 Å². The molecule has 3 rings (SSSR count). The molecule has 3 heteroatoms. The van der Waals surface area contributed by atoms with Crippen LogP contribution in [0, 0.1) is 5.92 Å². The first kappa shape index (κ1) is 15.5. The molecule has 0 aromatic heterocycles. The second-order valence-electron chi connectivity index (χ2n) is 6.18. The van der Waals surface area contributed by atoms with Gasteiger partial charge in [0.1, 0.15) is 0 Å². The molecule has 0 saturated carbocycles. The summed E-state index contributed by atoms with van der Waals surface area (Å²) in [5, 5.41) is 4.39. The third-order valence-electron chi connectivity index (χ3n) is 4.58. The van der Waals surface area contributed by atoms with Gasteiger partial charge >= 0.3 is 0 Å². The summed E-state index contributed by atoms with van der Waals surface area (Å²) in [6.45, 7) is 1.44. The van der Waals surface area contributed by atoms with E-state index in [2.05, 4.69) is 35.6 Å². The number of halogens is 1. The molecule has 22 heavy (non-hydrogen) atoms. The van der Waals surface area contributed by atoms with Crippen molar-refractivity contribution >= 4 is 11.6 Å². The van der Waals surface area contributed by atoms with Gasteiger partial charge in [0.25, 0.3) is 0 Å². The lowest BCUT2D eigenvalue weighted by atomic mass is 9.96. The van der Waals surface area contributed by atoms with E-state index in [0.717, 1.165) is 23.6 Å². The lowest BCUT2D eigenvalue weighted by Crippen LogP contribution is -2.37. The maximum Gasteiger partial charge on any atom is 0.0450 e. The fourth-order valence-corrected chi connectivity index (χ4v) is 3.58. The largest absolute Gasteiger partial charge is 0.329 e. The molecule has 0 radical (unpaired) electrons. The van der Waals surface area contributed by atoms with Gasteiger partial charge < -0.3 is 11.1 Å². The van der Waals surface area contributed by atoms with E-state index in [-0.39, 0.29) is 0 Å². The lowest BCUT2D eigenvalue weighted by Gasteiger charge is -2.21. The van der Waals surface area contributed by atoms with Gasteiger partial charge in [0.15, 0.2) is 0 Å². The summed E-state index contributed by atoms with van der Waals surface area (Å²) in [4.78, 5) is 0. The van der Waals surface area contributed by atoms with E-state index < -0.39 is 0 Å². The van der Waals surface area contributed by atoms with Crippen LogP contribution in [0.15, 0.2) is 48.5 Å². The third kappa shape index (κ3) is 3.70. The second-order valence-corrected chi connectivity index (χ2v) is 6.59. The molecule has 1 atom stereocenters. The molecular weight excluding hydrogens is 292 g/mol. The van der Waals surface area contributed by atoms with E-state index in [4.69, 9.17) is 17.3 Å².